The van der Waals surface area contributed by atoms with Gasteiger partial charge in [-0.1, -0.05) is 0 Å². The molecule has 3 rings (SSSR count). The summed E-state index contributed by atoms with van der Waals surface area (Å²) in [6, 6.07) is 11.7. The lowest BCUT2D eigenvalue weighted by Gasteiger charge is -2.10. The maximum Gasteiger partial charge on any atom is 0.340 e. The zero-order chi connectivity index (χ0) is 21.0. The van der Waals surface area contributed by atoms with Crippen LogP contribution in [0.25, 0.3) is 11.0 Å². The Balaban J connectivity index is 1.78. The zero-order valence-electron chi connectivity index (χ0n) is 16.3. The topological polar surface area (TPSA) is 92.0 Å². The fourth-order valence-electron chi connectivity index (χ4n) is 2.89. The molecule has 0 saturated carbocycles. The van der Waals surface area contributed by atoms with Crippen LogP contribution in [-0.2, 0) is 16.0 Å². The van der Waals surface area contributed by atoms with E-state index in [2.05, 4.69) is 4.74 Å². The number of carbonyl (C=O) groups excluding carboxylic acids is 2. The van der Waals surface area contributed by atoms with Crippen LogP contribution in [0.1, 0.15) is 21.5 Å². The number of fused-ring (bicyclic) bond motifs is 1. The van der Waals surface area contributed by atoms with Gasteiger partial charge < -0.3 is 18.6 Å². The molecule has 1 aromatic heterocycles. The first-order chi connectivity index (χ1) is 13.9. The number of ketones is 1. The Morgan fingerprint density at radius 2 is 1.69 bits per heavy atom. The molecule has 0 N–H and O–H groups in total. The molecule has 0 amide bonds. The van der Waals surface area contributed by atoms with Crippen molar-refractivity contribution in [2.75, 3.05) is 20.8 Å². The molecule has 3 aromatic rings. The highest BCUT2D eigenvalue weighted by atomic mass is 16.5. The number of hydrogen-bond donors (Lipinski definition) is 0. The van der Waals surface area contributed by atoms with Crippen LogP contribution < -0.4 is 15.1 Å². The number of methoxy groups -OCH3 is 2. The van der Waals surface area contributed by atoms with Crippen LogP contribution >= 0.6 is 0 Å². The van der Waals surface area contributed by atoms with Gasteiger partial charge in [0.2, 0.25) is 0 Å². The average Bonchev–Trinajstić information content (AvgIpc) is 2.74. The largest absolute Gasteiger partial charge is 0.497 e. The molecule has 0 saturated heterocycles. The summed E-state index contributed by atoms with van der Waals surface area (Å²) in [5.41, 5.74) is 1.11. The Kier molecular flexibility index (Phi) is 5.97. The third kappa shape index (κ3) is 4.45. The molecule has 0 aliphatic rings. The molecule has 0 fully saturated rings. The summed E-state index contributed by atoms with van der Waals surface area (Å²) in [5, 5.41) is 0.678. The lowest BCUT2D eigenvalue weighted by atomic mass is 10.0. The first kappa shape index (κ1) is 20.1. The van der Waals surface area contributed by atoms with Gasteiger partial charge in [0, 0.05) is 17.0 Å². The third-order valence-corrected chi connectivity index (χ3v) is 4.59. The van der Waals surface area contributed by atoms with E-state index in [4.69, 9.17) is 13.9 Å². The van der Waals surface area contributed by atoms with Gasteiger partial charge >= 0.3 is 11.6 Å². The highest BCUT2D eigenvalue weighted by Crippen LogP contribution is 2.24. The summed E-state index contributed by atoms with van der Waals surface area (Å²) in [4.78, 5) is 36.0. The Morgan fingerprint density at radius 3 is 2.34 bits per heavy atom. The highest BCUT2D eigenvalue weighted by molar-refractivity contribution is 5.97. The molecule has 0 aliphatic carbocycles. The molecule has 150 valence electrons. The van der Waals surface area contributed by atoms with Gasteiger partial charge in [0.05, 0.1) is 26.2 Å². The maximum atomic E-state index is 12.3. The number of ether oxygens (including phenoxy) is 3. The van der Waals surface area contributed by atoms with E-state index in [1.54, 1.807) is 56.5 Å². The fourth-order valence-corrected chi connectivity index (χ4v) is 2.89. The number of esters is 1. The maximum absolute atomic E-state index is 12.3. The molecule has 1 heterocycles. The van der Waals surface area contributed by atoms with E-state index < -0.39 is 11.6 Å². The van der Waals surface area contributed by atoms with E-state index in [9.17, 15) is 14.4 Å². The smallest absolute Gasteiger partial charge is 0.340 e. The van der Waals surface area contributed by atoms with Gasteiger partial charge in [-0.3, -0.25) is 9.59 Å². The molecular formula is C22H20O7. The second-order valence-corrected chi connectivity index (χ2v) is 6.34. The van der Waals surface area contributed by atoms with Gasteiger partial charge in [0.15, 0.2) is 12.4 Å². The number of hydrogen-bond acceptors (Lipinski definition) is 7. The highest BCUT2D eigenvalue weighted by Gasteiger charge is 2.16. The zero-order valence-corrected chi connectivity index (χ0v) is 16.3. The van der Waals surface area contributed by atoms with E-state index in [0.29, 0.717) is 33.6 Å². The van der Waals surface area contributed by atoms with Crippen molar-refractivity contribution in [3.63, 3.8) is 0 Å². The van der Waals surface area contributed by atoms with Crippen LogP contribution in [-0.4, -0.2) is 32.6 Å². The lowest BCUT2D eigenvalue weighted by Crippen LogP contribution is -2.16. The predicted molar refractivity (Wildman–Crippen MR) is 106 cm³/mol. The summed E-state index contributed by atoms with van der Waals surface area (Å²) >= 11 is 0. The van der Waals surface area contributed by atoms with E-state index in [1.165, 1.54) is 7.11 Å². The van der Waals surface area contributed by atoms with Gasteiger partial charge in [0.1, 0.15) is 17.1 Å². The van der Waals surface area contributed by atoms with E-state index in [1.807, 2.05) is 0 Å². The fraction of sp³-hybridized carbons (Fsp3) is 0.227. The number of rotatable bonds is 7. The molecule has 0 aliphatic heterocycles. The van der Waals surface area contributed by atoms with Crippen molar-refractivity contribution >= 4 is 22.7 Å². The van der Waals surface area contributed by atoms with Crippen LogP contribution in [0.4, 0.5) is 0 Å². The molecule has 2 aromatic carbocycles. The minimum Gasteiger partial charge on any atom is -0.497 e. The van der Waals surface area contributed by atoms with E-state index in [0.717, 1.165) is 0 Å². The van der Waals surface area contributed by atoms with Crippen LogP contribution in [0, 0.1) is 6.92 Å². The van der Waals surface area contributed by atoms with Gasteiger partial charge in [-0.05, 0) is 48.9 Å². The molecule has 0 radical (unpaired) electrons. The van der Waals surface area contributed by atoms with Crippen molar-refractivity contribution < 1.29 is 28.2 Å². The third-order valence-electron chi connectivity index (χ3n) is 4.59. The SMILES string of the molecule is COC(=O)Cc1c(C)c2ccc(OCC(=O)c3ccc(OC)cc3)cc2oc1=O. The number of Topliss-reactive ketones (excluding diaryl/α,β-unsaturated/α-hetero) is 1. The molecular weight excluding hydrogens is 376 g/mol. The van der Waals surface area contributed by atoms with E-state index >= 15 is 0 Å². The van der Waals surface area contributed by atoms with Crippen molar-refractivity contribution in [2.24, 2.45) is 0 Å². The van der Waals surface area contributed by atoms with Crippen LogP contribution in [0.2, 0.25) is 0 Å². The predicted octanol–water partition coefficient (Wildman–Crippen LogP) is 3.09. The van der Waals surface area contributed by atoms with Gasteiger partial charge in [-0.15, -0.1) is 0 Å². The Labute approximate surface area is 166 Å². The van der Waals surface area contributed by atoms with Gasteiger partial charge in [0.25, 0.3) is 0 Å². The molecule has 7 nitrogen and oxygen atoms in total. The van der Waals surface area contributed by atoms with Gasteiger partial charge in [-0.25, -0.2) is 4.79 Å². The lowest BCUT2D eigenvalue weighted by molar-refractivity contribution is -0.139. The summed E-state index contributed by atoms with van der Waals surface area (Å²) in [5.74, 6) is 0.340. The second-order valence-electron chi connectivity index (χ2n) is 6.34. The van der Waals surface area contributed by atoms with Crippen LogP contribution in [0.5, 0.6) is 11.5 Å². The molecule has 0 bridgehead atoms. The minimum absolute atomic E-state index is 0.158. The van der Waals surface area contributed by atoms with E-state index in [-0.39, 0.29) is 24.4 Å². The quantitative estimate of drug-likeness (QED) is 0.344. The molecule has 0 atom stereocenters. The Hall–Kier alpha value is -3.61. The van der Waals surface area contributed by atoms with Crippen molar-refractivity contribution in [1.82, 2.24) is 0 Å². The molecule has 0 unspecified atom stereocenters. The standard InChI is InChI=1S/C22H20O7/c1-13-17-9-8-16(10-20(17)29-22(25)18(13)11-21(24)27-3)28-12-19(23)14-4-6-15(26-2)7-5-14/h4-10H,11-12H2,1-3H3. The van der Waals surface area contributed by atoms with Crippen molar-refractivity contribution in [3.8, 4) is 11.5 Å². The Morgan fingerprint density at radius 1 is 1.00 bits per heavy atom. The Bertz CT molecular complexity index is 1110. The number of aryl methyl sites for hydroxylation is 1. The normalized spacial score (nSPS) is 10.6. The number of benzene rings is 2. The van der Waals surface area contributed by atoms with Gasteiger partial charge in [-0.2, -0.15) is 0 Å². The minimum atomic E-state index is -0.605. The van der Waals surface area contributed by atoms with Crippen LogP contribution in [0.3, 0.4) is 0 Å². The first-order valence-corrected chi connectivity index (χ1v) is 8.86. The van der Waals surface area contributed by atoms with Crippen molar-refractivity contribution in [1.29, 1.82) is 0 Å². The number of carbonyl (C=O) groups is 2. The molecule has 29 heavy (non-hydrogen) atoms. The van der Waals surface area contributed by atoms with Crippen LogP contribution in [0.15, 0.2) is 51.7 Å². The van der Waals surface area contributed by atoms with Crippen molar-refractivity contribution in [2.45, 2.75) is 13.3 Å². The van der Waals surface area contributed by atoms with Crippen molar-refractivity contribution in [3.05, 3.63) is 69.6 Å². The summed E-state index contributed by atoms with van der Waals surface area (Å²) in [6.45, 7) is 1.58. The summed E-state index contributed by atoms with van der Waals surface area (Å²) in [6.07, 6.45) is -0.158. The summed E-state index contributed by atoms with van der Waals surface area (Å²) in [7, 11) is 2.81. The monoisotopic (exact) mass is 396 g/mol. The molecule has 0 spiro atoms. The first-order valence-electron chi connectivity index (χ1n) is 8.86. The molecule has 7 heteroatoms. The second kappa shape index (κ2) is 8.60. The average molecular weight is 396 g/mol. The summed E-state index contributed by atoms with van der Waals surface area (Å²) < 4.78 is 20.6.